The van der Waals surface area contributed by atoms with E-state index in [2.05, 4.69) is 21.2 Å². The third-order valence-electron chi connectivity index (χ3n) is 3.88. The number of amides is 1. The fourth-order valence-electron chi connectivity index (χ4n) is 2.85. The van der Waals surface area contributed by atoms with Gasteiger partial charge in [-0.05, 0) is 53.0 Å². The summed E-state index contributed by atoms with van der Waals surface area (Å²) in [6.07, 6.45) is 1.70. The minimum atomic E-state index is -0.503. The highest BCUT2D eigenvalue weighted by Crippen LogP contribution is 2.29. The molecule has 0 spiro atoms. The Hall–Kier alpha value is -2.67. The average molecular weight is 403 g/mol. The summed E-state index contributed by atoms with van der Waals surface area (Å²) in [5.41, 5.74) is 3.94. The van der Waals surface area contributed by atoms with Crippen LogP contribution in [-0.4, -0.2) is 10.8 Å². The minimum Gasteiger partial charge on any atom is -0.464 e. The molecule has 128 valence electrons. The van der Waals surface area contributed by atoms with Crippen LogP contribution >= 0.6 is 15.9 Å². The van der Waals surface area contributed by atoms with Crippen LogP contribution in [0.3, 0.4) is 0 Å². The van der Waals surface area contributed by atoms with Gasteiger partial charge in [-0.1, -0.05) is 6.07 Å². The average Bonchev–Trinajstić information content (AvgIpc) is 2.92. The van der Waals surface area contributed by atoms with Crippen molar-refractivity contribution in [1.29, 1.82) is 0 Å². The number of nitro benzene ring substituents is 1. The Morgan fingerprint density at radius 2 is 2.04 bits per heavy atom. The lowest BCUT2D eigenvalue weighted by Crippen LogP contribution is -2.14. The van der Waals surface area contributed by atoms with E-state index in [1.165, 1.54) is 18.2 Å². The monoisotopic (exact) mass is 402 g/mol. The molecule has 2 aromatic carbocycles. The van der Waals surface area contributed by atoms with Crippen LogP contribution in [0.15, 0.2) is 45.5 Å². The summed E-state index contributed by atoms with van der Waals surface area (Å²) in [5, 5.41) is 14.5. The van der Waals surface area contributed by atoms with Crippen LogP contribution in [0.25, 0.3) is 11.0 Å². The molecular weight excluding hydrogens is 388 g/mol. The van der Waals surface area contributed by atoms with E-state index < -0.39 is 4.92 Å². The van der Waals surface area contributed by atoms with E-state index in [0.717, 1.165) is 27.7 Å². The Bertz CT molecular complexity index is 994. The Balaban J connectivity index is 1.84. The zero-order chi connectivity index (χ0) is 18.1. The van der Waals surface area contributed by atoms with E-state index >= 15 is 0 Å². The summed E-state index contributed by atoms with van der Waals surface area (Å²) in [5.74, 6) is -0.274. The van der Waals surface area contributed by atoms with Crippen LogP contribution in [0.1, 0.15) is 16.7 Å². The first-order valence-corrected chi connectivity index (χ1v) is 8.35. The molecule has 1 aromatic heterocycles. The predicted molar refractivity (Wildman–Crippen MR) is 98.8 cm³/mol. The minimum absolute atomic E-state index is 0.0846. The van der Waals surface area contributed by atoms with Crippen molar-refractivity contribution < 1.29 is 14.1 Å². The molecule has 0 aliphatic rings. The third-order valence-corrected chi connectivity index (χ3v) is 4.57. The van der Waals surface area contributed by atoms with Gasteiger partial charge in [0, 0.05) is 27.6 Å². The maximum absolute atomic E-state index is 12.4. The molecule has 0 atom stereocenters. The second-order valence-corrected chi connectivity index (χ2v) is 6.72. The molecule has 0 aliphatic heterocycles. The first-order chi connectivity index (χ1) is 11.8. The van der Waals surface area contributed by atoms with E-state index in [4.69, 9.17) is 4.42 Å². The standard InChI is InChI=1S/C18H15BrN2O4/c1-10-5-11(2)18-12(9-25-16(18)6-10)7-17(22)20-15-8-13(21(23)24)3-4-14(15)19/h3-6,8-9H,7H2,1-2H3,(H,20,22). The van der Waals surface area contributed by atoms with Crippen molar-refractivity contribution in [2.45, 2.75) is 20.3 Å². The number of carbonyl (C=O) groups is 1. The van der Waals surface area contributed by atoms with E-state index in [0.29, 0.717) is 10.2 Å². The molecule has 0 radical (unpaired) electrons. The van der Waals surface area contributed by atoms with E-state index in [1.807, 2.05) is 26.0 Å². The number of hydrogen-bond acceptors (Lipinski definition) is 4. The normalized spacial score (nSPS) is 10.8. The number of nitrogens with zero attached hydrogens (tertiary/aromatic N) is 1. The largest absolute Gasteiger partial charge is 0.464 e. The summed E-state index contributed by atoms with van der Waals surface area (Å²) in [6, 6.07) is 8.20. The molecule has 7 heteroatoms. The lowest BCUT2D eigenvalue weighted by atomic mass is 10.0. The van der Waals surface area contributed by atoms with Gasteiger partial charge in [0.15, 0.2) is 0 Å². The highest BCUT2D eigenvalue weighted by atomic mass is 79.9. The lowest BCUT2D eigenvalue weighted by Gasteiger charge is -2.07. The maximum atomic E-state index is 12.4. The topological polar surface area (TPSA) is 85.4 Å². The van der Waals surface area contributed by atoms with Crippen LogP contribution < -0.4 is 5.32 Å². The van der Waals surface area contributed by atoms with Gasteiger partial charge in [-0.3, -0.25) is 14.9 Å². The summed E-state index contributed by atoms with van der Waals surface area (Å²) < 4.78 is 6.14. The Kier molecular flexibility index (Phi) is 4.59. The van der Waals surface area contributed by atoms with Crippen molar-refractivity contribution in [3.05, 3.63) is 67.9 Å². The molecule has 6 nitrogen and oxygen atoms in total. The van der Waals surface area contributed by atoms with Crippen LogP contribution in [0, 0.1) is 24.0 Å². The van der Waals surface area contributed by atoms with Crippen molar-refractivity contribution in [3.8, 4) is 0 Å². The van der Waals surface area contributed by atoms with Crippen molar-refractivity contribution in [1.82, 2.24) is 0 Å². The van der Waals surface area contributed by atoms with Crippen molar-refractivity contribution in [2.75, 3.05) is 5.32 Å². The molecule has 0 fully saturated rings. The van der Waals surface area contributed by atoms with Crippen molar-refractivity contribution in [3.63, 3.8) is 0 Å². The van der Waals surface area contributed by atoms with Gasteiger partial charge in [-0.25, -0.2) is 0 Å². The molecule has 25 heavy (non-hydrogen) atoms. The van der Waals surface area contributed by atoms with Gasteiger partial charge >= 0.3 is 0 Å². The number of carbonyl (C=O) groups excluding carboxylic acids is 1. The zero-order valence-electron chi connectivity index (χ0n) is 13.6. The van der Waals surface area contributed by atoms with Crippen molar-refractivity contribution >= 4 is 44.2 Å². The first-order valence-electron chi connectivity index (χ1n) is 7.56. The van der Waals surface area contributed by atoms with Crippen LogP contribution in [-0.2, 0) is 11.2 Å². The van der Waals surface area contributed by atoms with Crippen LogP contribution in [0.2, 0.25) is 0 Å². The molecule has 0 saturated carbocycles. The number of halogens is 1. The molecule has 0 saturated heterocycles. The number of furan rings is 1. The number of nitro groups is 1. The number of non-ortho nitro benzene ring substituents is 1. The highest BCUT2D eigenvalue weighted by Gasteiger charge is 2.15. The molecule has 1 N–H and O–H groups in total. The van der Waals surface area contributed by atoms with Gasteiger partial charge in [-0.15, -0.1) is 0 Å². The van der Waals surface area contributed by atoms with Gasteiger partial charge in [-0.2, -0.15) is 0 Å². The Morgan fingerprint density at radius 3 is 2.76 bits per heavy atom. The van der Waals surface area contributed by atoms with Crippen LogP contribution in [0.5, 0.6) is 0 Å². The predicted octanol–water partition coefficient (Wildman–Crippen LogP) is 4.90. The van der Waals surface area contributed by atoms with Crippen LogP contribution in [0.4, 0.5) is 11.4 Å². The van der Waals surface area contributed by atoms with E-state index in [9.17, 15) is 14.9 Å². The molecule has 3 aromatic rings. The number of anilines is 1. The SMILES string of the molecule is Cc1cc(C)c2c(CC(=O)Nc3cc([N+](=O)[O-])ccc3Br)coc2c1. The van der Waals surface area contributed by atoms with E-state index in [-0.39, 0.29) is 18.0 Å². The third kappa shape index (κ3) is 3.56. The summed E-state index contributed by atoms with van der Waals surface area (Å²) in [7, 11) is 0. The van der Waals surface area contributed by atoms with E-state index in [1.54, 1.807) is 6.26 Å². The number of benzene rings is 2. The molecule has 3 rings (SSSR count). The van der Waals surface area contributed by atoms with Gasteiger partial charge in [0.25, 0.3) is 5.69 Å². The molecule has 0 bridgehead atoms. The van der Waals surface area contributed by atoms with Crippen molar-refractivity contribution in [2.24, 2.45) is 0 Å². The number of nitrogens with one attached hydrogen (secondary N) is 1. The highest BCUT2D eigenvalue weighted by molar-refractivity contribution is 9.10. The summed E-state index contributed by atoms with van der Waals surface area (Å²) >= 11 is 3.29. The smallest absolute Gasteiger partial charge is 0.271 e. The van der Waals surface area contributed by atoms with Gasteiger partial charge in [0.1, 0.15) is 5.58 Å². The van der Waals surface area contributed by atoms with Gasteiger partial charge < -0.3 is 9.73 Å². The zero-order valence-corrected chi connectivity index (χ0v) is 15.2. The number of fused-ring (bicyclic) bond motifs is 1. The fraction of sp³-hybridized carbons (Fsp3) is 0.167. The number of rotatable bonds is 4. The Morgan fingerprint density at radius 1 is 1.28 bits per heavy atom. The first kappa shape index (κ1) is 17.2. The Labute approximate surface area is 152 Å². The van der Waals surface area contributed by atoms with Gasteiger partial charge in [0.05, 0.1) is 23.3 Å². The quantitative estimate of drug-likeness (QED) is 0.496. The lowest BCUT2D eigenvalue weighted by molar-refractivity contribution is -0.384. The molecular formula is C18H15BrN2O4. The fourth-order valence-corrected chi connectivity index (χ4v) is 3.19. The number of hydrogen-bond donors (Lipinski definition) is 1. The second-order valence-electron chi connectivity index (χ2n) is 5.86. The number of aryl methyl sites for hydroxylation is 2. The second kappa shape index (κ2) is 6.68. The molecule has 1 heterocycles. The molecule has 1 amide bonds. The molecule has 0 aliphatic carbocycles. The summed E-state index contributed by atoms with van der Waals surface area (Å²) in [4.78, 5) is 22.8. The summed E-state index contributed by atoms with van der Waals surface area (Å²) in [6.45, 7) is 3.96. The maximum Gasteiger partial charge on any atom is 0.271 e. The van der Waals surface area contributed by atoms with Gasteiger partial charge in [0.2, 0.25) is 5.91 Å². The molecule has 0 unspecified atom stereocenters.